The van der Waals surface area contributed by atoms with Crippen LogP contribution in [0, 0.1) is 6.92 Å². The Morgan fingerprint density at radius 2 is 2.04 bits per heavy atom. The molecule has 1 fully saturated rings. The highest BCUT2D eigenvalue weighted by atomic mass is 79.9. The molecule has 0 bridgehead atoms. The van der Waals surface area contributed by atoms with Crippen molar-refractivity contribution < 1.29 is 9.53 Å². The van der Waals surface area contributed by atoms with E-state index in [0.29, 0.717) is 5.56 Å². The fraction of sp³-hybridized carbons (Fsp3) is 0.400. The highest BCUT2D eigenvalue weighted by molar-refractivity contribution is 9.10. The minimum Gasteiger partial charge on any atom is -0.496 e. The van der Waals surface area contributed by atoms with E-state index in [0.717, 1.165) is 60.8 Å². The minimum absolute atomic E-state index is 0.0730. The number of hydrogen-bond acceptors (Lipinski definition) is 4. The molecule has 1 aromatic heterocycles. The fourth-order valence-electron chi connectivity index (χ4n) is 3.23. The first-order chi connectivity index (χ1) is 12.6. The van der Waals surface area contributed by atoms with Gasteiger partial charge in [-0.25, -0.2) is 0 Å². The molecule has 0 unspecified atom stereocenters. The Morgan fingerprint density at radius 1 is 1.19 bits per heavy atom. The average Bonchev–Trinajstić information content (AvgIpc) is 2.86. The van der Waals surface area contributed by atoms with E-state index < -0.39 is 0 Å². The number of pyridine rings is 1. The Kier molecular flexibility index (Phi) is 6.27. The van der Waals surface area contributed by atoms with Gasteiger partial charge in [-0.15, -0.1) is 0 Å². The summed E-state index contributed by atoms with van der Waals surface area (Å²) in [6.45, 7) is 6.19. The van der Waals surface area contributed by atoms with E-state index in [2.05, 4.69) is 31.9 Å². The van der Waals surface area contributed by atoms with Crippen molar-refractivity contribution in [1.29, 1.82) is 0 Å². The summed E-state index contributed by atoms with van der Waals surface area (Å²) in [5, 5.41) is 0. The zero-order chi connectivity index (χ0) is 18.5. The molecule has 1 aliphatic heterocycles. The molecule has 0 spiro atoms. The van der Waals surface area contributed by atoms with E-state index >= 15 is 0 Å². The largest absolute Gasteiger partial charge is 0.496 e. The van der Waals surface area contributed by atoms with Crippen LogP contribution < -0.4 is 4.74 Å². The number of aryl methyl sites for hydroxylation is 1. The molecule has 138 valence electrons. The van der Waals surface area contributed by atoms with E-state index in [1.165, 1.54) is 0 Å². The summed E-state index contributed by atoms with van der Waals surface area (Å²) in [7, 11) is 1.62. The third-order valence-electron chi connectivity index (χ3n) is 4.61. The number of aromatic nitrogens is 1. The van der Waals surface area contributed by atoms with Crippen LogP contribution >= 0.6 is 15.9 Å². The summed E-state index contributed by atoms with van der Waals surface area (Å²) in [6.07, 6.45) is 0.967. The number of carbonyl (C=O) groups excluding carboxylic acids is 1. The second kappa shape index (κ2) is 8.64. The third-order valence-corrected chi connectivity index (χ3v) is 5.23. The number of methoxy groups -OCH3 is 1. The van der Waals surface area contributed by atoms with E-state index in [1.807, 2.05) is 42.2 Å². The van der Waals surface area contributed by atoms with Crippen molar-refractivity contribution in [3.63, 3.8) is 0 Å². The van der Waals surface area contributed by atoms with Crippen molar-refractivity contribution in [2.45, 2.75) is 19.9 Å². The van der Waals surface area contributed by atoms with Gasteiger partial charge in [0.1, 0.15) is 5.75 Å². The number of rotatable bonds is 4. The second-order valence-electron chi connectivity index (χ2n) is 6.54. The van der Waals surface area contributed by atoms with Crippen molar-refractivity contribution in [1.82, 2.24) is 14.8 Å². The van der Waals surface area contributed by atoms with Gasteiger partial charge in [0.2, 0.25) is 0 Å². The number of amides is 1. The molecule has 2 heterocycles. The molecule has 0 radical (unpaired) electrons. The SMILES string of the molecule is COc1ccc(C(=O)N2CCCN(Cc3cccc(C)n3)CC2)cc1Br. The number of nitrogens with zero attached hydrogens (tertiary/aromatic N) is 3. The van der Waals surface area contributed by atoms with Crippen LogP contribution in [-0.2, 0) is 6.54 Å². The molecular weight excluding hydrogens is 394 g/mol. The van der Waals surface area contributed by atoms with Crippen LogP contribution in [-0.4, -0.2) is 54.0 Å². The van der Waals surface area contributed by atoms with Gasteiger partial charge >= 0.3 is 0 Å². The summed E-state index contributed by atoms with van der Waals surface area (Å²) in [5.74, 6) is 0.804. The third kappa shape index (κ3) is 4.62. The zero-order valence-electron chi connectivity index (χ0n) is 15.2. The Labute approximate surface area is 163 Å². The van der Waals surface area contributed by atoms with Crippen molar-refractivity contribution in [3.05, 3.63) is 57.8 Å². The Morgan fingerprint density at radius 3 is 2.77 bits per heavy atom. The normalized spacial score (nSPS) is 15.6. The summed E-state index contributed by atoms with van der Waals surface area (Å²) >= 11 is 3.46. The van der Waals surface area contributed by atoms with E-state index in [1.54, 1.807) is 7.11 Å². The molecule has 1 amide bonds. The molecule has 0 saturated carbocycles. The zero-order valence-corrected chi connectivity index (χ0v) is 16.8. The van der Waals surface area contributed by atoms with Crippen LogP contribution in [0.15, 0.2) is 40.9 Å². The van der Waals surface area contributed by atoms with Crippen LogP contribution in [0.5, 0.6) is 5.75 Å². The van der Waals surface area contributed by atoms with Gasteiger partial charge in [0.25, 0.3) is 5.91 Å². The Hall–Kier alpha value is -1.92. The highest BCUT2D eigenvalue weighted by Gasteiger charge is 2.21. The predicted octanol–water partition coefficient (Wildman–Crippen LogP) is 3.51. The van der Waals surface area contributed by atoms with Gasteiger partial charge in [0.15, 0.2) is 0 Å². The average molecular weight is 418 g/mol. The first kappa shape index (κ1) is 18.9. The van der Waals surface area contributed by atoms with Gasteiger partial charge in [-0.3, -0.25) is 14.7 Å². The number of carbonyl (C=O) groups is 1. The molecule has 0 N–H and O–H groups in total. The summed E-state index contributed by atoms with van der Waals surface area (Å²) < 4.78 is 6.04. The van der Waals surface area contributed by atoms with Crippen LogP contribution in [0.4, 0.5) is 0 Å². The van der Waals surface area contributed by atoms with E-state index in [-0.39, 0.29) is 5.91 Å². The van der Waals surface area contributed by atoms with E-state index in [4.69, 9.17) is 4.74 Å². The van der Waals surface area contributed by atoms with Crippen molar-refractivity contribution >= 4 is 21.8 Å². The summed E-state index contributed by atoms with van der Waals surface area (Å²) in [4.78, 5) is 21.8. The number of benzene rings is 1. The molecule has 5 nitrogen and oxygen atoms in total. The molecule has 3 rings (SSSR count). The molecule has 0 atom stereocenters. The molecule has 0 aliphatic carbocycles. The van der Waals surface area contributed by atoms with Gasteiger partial charge in [0, 0.05) is 44.0 Å². The molecule has 1 aliphatic rings. The lowest BCUT2D eigenvalue weighted by Gasteiger charge is -2.22. The quantitative estimate of drug-likeness (QED) is 0.763. The number of ether oxygens (including phenoxy) is 1. The molecule has 2 aromatic rings. The molecule has 6 heteroatoms. The Bertz CT molecular complexity index is 781. The van der Waals surface area contributed by atoms with Gasteiger partial charge in [-0.1, -0.05) is 6.07 Å². The summed E-state index contributed by atoms with van der Waals surface area (Å²) in [6, 6.07) is 11.6. The van der Waals surface area contributed by atoms with Crippen molar-refractivity contribution in [3.8, 4) is 5.75 Å². The standard InChI is InChI=1S/C20H24BrN3O2/c1-15-5-3-6-17(22-15)14-23-9-4-10-24(12-11-23)20(25)16-7-8-19(26-2)18(21)13-16/h3,5-8,13H,4,9-12,14H2,1-2H3. The smallest absolute Gasteiger partial charge is 0.253 e. The van der Waals surface area contributed by atoms with E-state index in [9.17, 15) is 4.79 Å². The van der Waals surface area contributed by atoms with Crippen LogP contribution in [0.1, 0.15) is 28.2 Å². The summed E-state index contributed by atoms with van der Waals surface area (Å²) in [5.41, 5.74) is 2.81. The van der Waals surface area contributed by atoms with Gasteiger partial charge < -0.3 is 9.64 Å². The number of halogens is 1. The molecule has 1 saturated heterocycles. The fourth-order valence-corrected chi connectivity index (χ4v) is 3.77. The molecule has 26 heavy (non-hydrogen) atoms. The van der Waals surface area contributed by atoms with Crippen LogP contribution in [0.2, 0.25) is 0 Å². The van der Waals surface area contributed by atoms with Gasteiger partial charge in [-0.05, 0) is 59.6 Å². The first-order valence-electron chi connectivity index (χ1n) is 8.84. The topological polar surface area (TPSA) is 45.7 Å². The lowest BCUT2D eigenvalue weighted by atomic mass is 10.2. The maximum Gasteiger partial charge on any atom is 0.253 e. The maximum atomic E-state index is 12.8. The van der Waals surface area contributed by atoms with Gasteiger partial charge in [0.05, 0.1) is 17.3 Å². The highest BCUT2D eigenvalue weighted by Crippen LogP contribution is 2.26. The van der Waals surface area contributed by atoms with Gasteiger partial charge in [-0.2, -0.15) is 0 Å². The van der Waals surface area contributed by atoms with Crippen molar-refractivity contribution in [2.75, 3.05) is 33.3 Å². The van der Waals surface area contributed by atoms with Crippen molar-refractivity contribution in [2.24, 2.45) is 0 Å². The lowest BCUT2D eigenvalue weighted by molar-refractivity contribution is 0.0761. The minimum atomic E-state index is 0.0730. The predicted molar refractivity (Wildman–Crippen MR) is 105 cm³/mol. The van der Waals surface area contributed by atoms with Crippen LogP contribution in [0.3, 0.4) is 0 Å². The van der Waals surface area contributed by atoms with Crippen LogP contribution in [0.25, 0.3) is 0 Å². The lowest BCUT2D eigenvalue weighted by Crippen LogP contribution is -2.35. The Balaban J connectivity index is 1.62. The molecule has 1 aromatic carbocycles. The maximum absolute atomic E-state index is 12.8. The second-order valence-corrected chi connectivity index (χ2v) is 7.40. The number of hydrogen-bond donors (Lipinski definition) is 0. The first-order valence-corrected chi connectivity index (χ1v) is 9.64. The molecular formula is C20H24BrN3O2. The monoisotopic (exact) mass is 417 g/mol.